The van der Waals surface area contributed by atoms with Gasteiger partial charge < -0.3 is 14.9 Å². The summed E-state index contributed by atoms with van der Waals surface area (Å²) >= 11 is 12.1. The molecule has 6 nitrogen and oxygen atoms in total. The molecule has 2 amide bonds. The first-order valence-electron chi connectivity index (χ1n) is 8.01. The van der Waals surface area contributed by atoms with Crippen molar-refractivity contribution in [3.8, 4) is 0 Å². The van der Waals surface area contributed by atoms with Gasteiger partial charge in [-0.3, -0.25) is 14.4 Å². The summed E-state index contributed by atoms with van der Waals surface area (Å²) in [6, 6.07) is 4.64. The van der Waals surface area contributed by atoms with Crippen molar-refractivity contribution in [1.82, 2.24) is 4.90 Å². The zero-order chi connectivity index (χ0) is 18.7. The maximum absolute atomic E-state index is 12.8. The van der Waals surface area contributed by atoms with Crippen molar-refractivity contribution in [2.24, 2.45) is 5.92 Å². The molecule has 136 valence electrons. The van der Waals surface area contributed by atoms with Crippen LogP contribution in [0.25, 0.3) is 0 Å². The fourth-order valence-electron chi connectivity index (χ4n) is 2.88. The number of amides is 2. The lowest BCUT2D eigenvalue weighted by atomic mass is 10.1. The van der Waals surface area contributed by atoms with Crippen LogP contribution in [0.1, 0.15) is 26.7 Å². The summed E-state index contributed by atoms with van der Waals surface area (Å²) in [5.74, 6) is -2.49. The van der Waals surface area contributed by atoms with Gasteiger partial charge in [0, 0.05) is 24.2 Å². The molecule has 1 aliphatic heterocycles. The van der Waals surface area contributed by atoms with Gasteiger partial charge in [0.25, 0.3) is 0 Å². The van der Waals surface area contributed by atoms with E-state index in [2.05, 4.69) is 0 Å². The molecule has 2 rings (SSSR count). The molecule has 1 aromatic carbocycles. The molecule has 1 aromatic rings. The largest absolute Gasteiger partial charge is 0.481 e. The van der Waals surface area contributed by atoms with Gasteiger partial charge in [0.1, 0.15) is 5.92 Å². The summed E-state index contributed by atoms with van der Waals surface area (Å²) in [7, 11) is 0. The number of anilines is 1. The zero-order valence-electron chi connectivity index (χ0n) is 14.0. The minimum absolute atomic E-state index is 0.0769. The molecular weight excluding hydrogens is 367 g/mol. The van der Waals surface area contributed by atoms with Crippen LogP contribution in [0.15, 0.2) is 18.2 Å². The number of aliphatic carboxylic acids is 1. The summed E-state index contributed by atoms with van der Waals surface area (Å²) in [4.78, 5) is 39.2. The summed E-state index contributed by atoms with van der Waals surface area (Å²) < 4.78 is 0. The molecule has 0 radical (unpaired) electrons. The number of nitrogens with zero attached hydrogens (tertiary/aromatic N) is 2. The lowest BCUT2D eigenvalue weighted by Crippen LogP contribution is -2.44. The molecule has 0 aliphatic carbocycles. The van der Waals surface area contributed by atoms with Crippen molar-refractivity contribution in [3.63, 3.8) is 0 Å². The van der Waals surface area contributed by atoms with Crippen molar-refractivity contribution in [3.05, 3.63) is 28.2 Å². The Bertz CT molecular complexity index is 693. The van der Waals surface area contributed by atoms with E-state index >= 15 is 0 Å². The fourth-order valence-corrected chi connectivity index (χ4v) is 3.27. The van der Waals surface area contributed by atoms with Crippen molar-refractivity contribution >= 4 is 46.7 Å². The minimum atomic E-state index is -0.983. The molecule has 1 unspecified atom stereocenters. The van der Waals surface area contributed by atoms with Gasteiger partial charge in [-0.25, -0.2) is 0 Å². The number of carbonyl (C=O) groups excluding carboxylic acids is 2. The predicted molar refractivity (Wildman–Crippen MR) is 96.0 cm³/mol. The van der Waals surface area contributed by atoms with E-state index in [0.717, 1.165) is 0 Å². The van der Waals surface area contributed by atoms with Gasteiger partial charge in [-0.1, -0.05) is 23.2 Å². The van der Waals surface area contributed by atoms with Crippen LogP contribution in [0.5, 0.6) is 0 Å². The fraction of sp³-hybridized carbons (Fsp3) is 0.471. The molecule has 0 spiro atoms. The van der Waals surface area contributed by atoms with E-state index in [0.29, 0.717) is 28.7 Å². The summed E-state index contributed by atoms with van der Waals surface area (Å²) in [5, 5.41) is 9.69. The van der Waals surface area contributed by atoms with Gasteiger partial charge in [-0.2, -0.15) is 0 Å². The first-order valence-corrected chi connectivity index (χ1v) is 8.76. The van der Waals surface area contributed by atoms with E-state index in [1.54, 1.807) is 32.0 Å². The molecule has 0 aromatic heterocycles. The Hall–Kier alpha value is -1.79. The highest BCUT2D eigenvalue weighted by Crippen LogP contribution is 2.34. The van der Waals surface area contributed by atoms with E-state index in [1.165, 1.54) is 9.80 Å². The summed E-state index contributed by atoms with van der Waals surface area (Å²) in [6.07, 6.45) is 0.200. The Labute approximate surface area is 156 Å². The highest BCUT2D eigenvalue weighted by atomic mass is 35.5. The number of halogens is 2. The number of benzene rings is 1. The van der Waals surface area contributed by atoms with Crippen LogP contribution in [0.2, 0.25) is 10.0 Å². The monoisotopic (exact) mass is 386 g/mol. The molecule has 25 heavy (non-hydrogen) atoms. The van der Waals surface area contributed by atoms with Crippen molar-refractivity contribution < 1.29 is 19.5 Å². The first kappa shape index (κ1) is 19.5. The number of carboxylic acids is 1. The van der Waals surface area contributed by atoms with Gasteiger partial charge in [0.15, 0.2) is 0 Å². The SMILES string of the molecule is CC(C)N(CCC(=O)O)C(=O)C1CCN(c2cc(Cl)ccc2Cl)C1=O. The van der Waals surface area contributed by atoms with Crippen LogP contribution in [0.4, 0.5) is 5.69 Å². The first-order chi connectivity index (χ1) is 11.7. The number of hydrogen-bond acceptors (Lipinski definition) is 3. The second-order valence-corrected chi connectivity index (χ2v) is 7.04. The molecule has 0 bridgehead atoms. The Kier molecular flexibility index (Phi) is 6.30. The van der Waals surface area contributed by atoms with Gasteiger partial charge in [0.05, 0.1) is 17.1 Å². The van der Waals surface area contributed by atoms with Crippen LogP contribution >= 0.6 is 23.2 Å². The molecule has 8 heteroatoms. The number of rotatable bonds is 6. The second kappa shape index (κ2) is 8.06. The van der Waals surface area contributed by atoms with Crippen LogP contribution in [-0.2, 0) is 14.4 Å². The minimum Gasteiger partial charge on any atom is -0.481 e. The van der Waals surface area contributed by atoms with E-state index in [4.69, 9.17) is 28.3 Å². The quantitative estimate of drug-likeness (QED) is 0.762. The number of carbonyl (C=O) groups is 3. The molecule has 1 fully saturated rings. The second-order valence-electron chi connectivity index (χ2n) is 6.20. The maximum Gasteiger partial charge on any atom is 0.305 e. The average molecular weight is 387 g/mol. The standard InChI is InChI=1S/C17H20Cl2N2O4/c1-10(2)20(8-6-15(22)23)16(24)12-5-7-21(17(12)25)14-9-11(18)3-4-13(14)19/h3-4,9-10,12H,5-8H2,1-2H3,(H,22,23). The van der Waals surface area contributed by atoms with Gasteiger partial charge in [-0.15, -0.1) is 0 Å². The normalized spacial score (nSPS) is 17.2. The molecule has 0 saturated carbocycles. The average Bonchev–Trinajstić information content (AvgIpc) is 2.90. The third kappa shape index (κ3) is 4.44. The van der Waals surface area contributed by atoms with E-state index in [9.17, 15) is 14.4 Å². The van der Waals surface area contributed by atoms with E-state index in [-0.39, 0.29) is 30.8 Å². The summed E-state index contributed by atoms with van der Waals surface area (Å²) in [6.45, 7) is 4.03. The predicted octanol–water partition coefficient (Wildman–Crippen LogP) is 3.06. The van der Waals surface area contributed by atoms with E-state index < -0.39 is 11.9 Å². The Morgan fingerprint density at radius 1 is 1.36 bits per heavy atom. The molecule has 1 atom stereocenters. The Balaban J connectivity index is 2.18. The highest BCUT2D eigenvalue weighted by molar-refractivity contribution is 6.36. The van der Waals surface area contributed by atoms with Crippen molar-refractivity contribution in [2.75, 3.05) is 18.0 Å². The Morgan fingerprint density at radius 2 is 2.04 bits per heavy atom. The summed E-state index contributed by atoms with van der Waals surface area (Å²) in [5.41, 5.74) is 0.482. The van der Waals surface area contributed by atoms with Crippen LogP contribution < -0.4 is 4.90 Å². The third-order valence-electron chi connectivity index (χ3n) is 4.18. The van der Waals surface area contributed by atoms with Crippen LogP contribution in [0, 0.1) is 5.92 Å². The lowest BCUT2D eigenvalue weighted by molar-refractivity contribution is -0.142. The van der Waals surface area contributed by atoms with Crippen LogP contribution in [0.3, 0.4) is 0 Å². The van der Waals surface area contributed by atoms with Crippen molar-refractivity contribution in [2.45, 2.75) is 32.7 Å². The highest BCUT2D eigenvalue weighted by Gasteiger charge is 2.40. The van der Waals surface area contributed by atoms with Gasteiger partial charge in [-0.05, 0) is 38.5 Å². The molecule has 1 saturated heterocycles. The Morgan fingerprint density at radius 3 is 2.64 bits per heavy atom. The maximum atomic E-state index is 12.8. The molecule has 1 N–H and O–H groups in total. The van der Waals surface area contributed by atoms with E-state index in [1.807, 2.05) is 0 Å². The molecule has 1 aliphatic rings. The van der Waals surface area contributed by atoms with Gasteiger partial charge in [0.2, 0.25) is 11.8 Å². The van der Waals surface area contributed by atoms with Crippen LogP contribution in [-0.4, -0.2) is 46.9 Å². The number of hydrogen-bond donors (Lipinski definition) is 1. The van der Waals surface area contributed by atoms with Crippen molar-refractivity contribution in [1.29, 1.82) is 0 Å². The molecule has 1 heterocycles. The zero-order valence-corrected chi connectivity index (χ0v) is 15.5. The number of carboxylic acid groups (broad SMARTS) is 1. The third-order valence-corrected chi connectivity index (χ3v) is 4.73. The topological polar surface area (TPSA) is 77.9 Å². The molecular formula is C17H20Cl2N2O4. The van der Waals surface area contributed by atoms with Gasteiger partial charge >= 0.3 is 5.97 Å². The smallest absolute Gasteiger partial charge is 0.305 e. The lowest BCUT2D eigenvalue weighted by Gasteiger charge is -2.28.